The molecule has 0 aliphatic rings. The first kappa shape index (κ1) is 16.8. The Morgan fingerprint density at radius 1 is 1.23 bits per heavy atom. The van der Waals surface area contributed by atoms with E-state index in [0.717, 1.165) is 16.1 Å². The first-order valence-electron chi connectivity index (χ1n) is 6.99. The van der Waals surface area contributed by atoms with Crippen LogP contribution in [-0.4, -0.2) is 24.2 Å². The maximum Gasteiger partial charge on any atom is 0.286 e. The summed E-state index contributed by atoms with van der Waals surface area (Å²) >= 11 is 6.11. The van der Waals surface area contributed by atoms with Crippen molar-refractivity contribution in [2.75, 3.05) is 6.61 Å². The molecule has 1 heterocycles. The lowest BCUT2D eigenvalue weighted by Gasteiger charge is -2.14. The van der Waals surface area contributed by atoms with Crippen LogP contribution < -0.4 is 4.74 Å². The minimum Gasteiger partial charge on any atom is -0.492 e. The van der Waals surface area contributed by atoms with Crippen molar-refractivity contribution >= 4 is 21.6 Å². The summed E-state index contributed by atoms with van der Waals surface area (Å²) in [6.07, 6.45) is 0.779. The lowest BCUT2D eigenvalue weighted by Crippen LogP contribution is -2.17. The highest BCUT2D eigenvalue weighted by Gasteiger charge is 2.25. The molecule has 0 unspecified atom stereocenters. The largest absolute Gasteiger partial charge is 0.492 e. The summed E-state index contributed by atoms with van der Waals surface area (Å²) in [5.41, 5.74) is 1.94. The molecule has 0 bridgehead atoms. The number of rotatable bonds is 5. The van der Waals surface area contributed by atoms with Crippen molar-refractivity contribution in [1.82, 2.24) is 9.19 Å². The average molecular weight is 343 g/mol. The third kappa shape index (κ3) is 3.13. The van der Waals surface area contributed by atoms with E-state index in [1.807, 2.05) is 6.92 Å². The van der Waals surface area contributed by atoms with E-state index in [4.69, 9.17) is 16.3 Å². The van der Waals surface area contributed by atoms with Crippen molar-refractivity contribution in [2.45, 2.75) is 39.0 Å². The maximum atomic E-state index is 12.9. The van der Waals surface area contributed by atoms with E-state index in [9.17, 15) is 8.42 Å². The zero-order valence-electron chi connectivity index (χ0n) is 13.1. The van der Waals surface area contributed by atoms with Gasteiger partial charge >= 0.3 is 0 Å². The molecule has 0 atom stereocenters. The van der Waals surface area contributed by atoms with E-state index in [1.54, 1.807) is 32.9 Å². The maximum absolute atomic E-state index is 12.9. The molecule has 0 fully saturated rings. The Labute approximate surface area is 135 Å². The molecular weight excluding hydrogens is 324 g/mol. The number of nitrogens with zero attached hydrogens (tertiary/aromatic N) is 2. The second-order valence-corrected chi connectivity index (χ2v) is 7.31. The van der Waals surface area contributed by atoms with E-state index in [0.29, 0.717) is 28.8 Å². The Kier molecular flexibility index (Phi) is 4.82. The summed E-state index contributed by atoms with van der Waals surface area (Å²) < 4.78 is 32.4. The van der Waals surface area contributed by atoms with Crippen LogP contribution in [0.2, 0.25) is 5.02 Å². The van der Waals surface area contributed by atoms with E-state index < -0.39 is 10.0 Å². The van der Waals surface area contributed by atoms with E-state index >= 15 is 0 Å². The van der Waals surface area contributed by atoms with Crippen LogP contribution in [-0.2, 0) is 10.0 Å². The van der Waals surface area contributed by atoms with Gasteiger partial charge in [0, 0.05) is 5.02 Å². The first-order chi connectivity index (χ1) is 10.3. The Morgan fingerprint density at radius 3 is 2.45 bits per heavy atom. The highest BCUT2D eigenvalue weighted by atomic mass is 35.5. The Hall–Kier alpha value is -1.53. The molecule has 2 rings (SSSR count). The monoisotopic (exact) mass is 342 g/mol. The van der Waals surface area contributed by atoms with Crippen LogP contribution in [0.25, 0.3) is 0 Å². The number of aryl methyl sites for hydroxylation is 3. The predicted octanol–water partition coefficient (Wildman–Crippen LogP) is 3.49. The Bertz CT molecular complexity index is 797. The van der Waals surface area contributed by atoms with Gasteiger partial charge in [-0.2, -0.15) is 17.6 Å². The SMILES string of the molecule is CCCOc1cc(C)c(Cl)cc1S(=O)(=O)n1nc(C)cc1C. The van der Waals surface area contributed by atoms with Gasteiger partial charge in [-0.1, -0.05) is 18.5 Å². The summed E-state index contributed by atoms with van der Waals surface area (Å²) in [5, 5.41) is 4.44. The molecule has 1 aromatic carbocycles. The van der Waals surface area contributed by atoms with Gasteiger partial charge in [0.2, 0.25) is 0 Å². The van der Waals surface area contributed by atoms with Gasteiger partial charge in [-0.3, -0.25) is 0 Å². The zero-order valence-corrected chi connectivity index (χ0v) is 14.6. The number of halogens is 1. The smallest absolute Gasteiger partial charge is 0.286 e. The van der Waals surface area contributed by atoms with Crippen molar-refractivity contribution in [3.63, 3.8) is 0 Å². The molecule has 0 amide bonds. The molecule has 1 aromatic heterocycles. The first-order valence-corrected chi connectivity index (χ1v) is 8.81. The predicted molar refractivity (Wildman–Crippen MR) is 86.3 cm³/mol. The third-order valence-electron chi connectivity index (χ3n) is 3.16. The number of ether oxygens (including phenoxy) is 1. The lowest BCUT2D eigenvalue weighted by atomic mass is 10.2. The molecule has 0 N–H and O–H groups in total. The summed E-state index contributed by atoms with van der Waals surface area (Å²) in [6, 6.07) is 4.78. The lowest BCUT2D eigenvalue weighted by molar-refractivity contribution is 0.309. The van der Waals surface area contributed by atoms with Crippen molar-refractivity contribution in [2.24, 2.45) is 0 Å². The fraction of sp³-hybridized carbons (Fsp3) is 0.400. The fourth-order valence-electron chi connectivity index (χ4n) is 2.11. The van der Waals surface area contributed by atoms with Gasteiger partial charge in [-0.25, -0.2) is 0 Å². The Balaban J connectivity index is 2.63. The van der Waals surface area contributed by atoms with Crippen LogP contribution in [0.4, 0.5) is 0 Å². The summed E-state index contributed by atoms with van der Waals surface area (Å²) in [4.78, 5) is 0.0303. The van der Waals surface area contributed by atoms with Crippen LogP contribution >= 0.6 is 11.6 Å². The van der Waals surface area contributed by atoms with Crippen LogP contribution in [0.3, 0.4) is 0 Å². The number of hydrogen-bond acceptors (Lipinski definition) is 4. The second-order valence-electron chi connectivity index (χ2n) is 5.17. The van der Waals surface area contributed by atoms with Gasteiger partial charge in [-0.05, 0) is 51.0 Å². The molecule has 7 heteroatoms. The van der Waals surface area contributed by atoms with Crippen LogP contribution in [0, 0.1) is 20.8 Å². The van der Waals surface area contributed by atoms with Gasteiger partial charge in [0.1, 0.15) is 10.6 Å². The van der Waals surface area contributed by atoms with Crippen LogP contribution in [0.15, 0.2) is 23.1 Å². The Morgan fingerprint density at radius 2 is 1.91 bits per heavy atom. The summed E-state index contributed by atoms with van der Waals surface area (Å²) in [7, 11) is -3.85. The molecule has 0 aliphatic heterocycles. The average Bonchev–Trinajstić information content (AvgIpc) is 2.79. The molecule has 22 heavy (non-hydrogen) atoms. The van der Waals surface area contributed by atoms with Gasteiger partial charge < -0.3 is 4.74 Å². The van der Waals surface area contributed by atoms with Crippen molar-refractivity contribution < 1.29 is 13.2 Å². The summed E-state index contributed by atoms with van der Waals surface area (Å²) in [5.74, 6) is 0.302. The minimum atomic E-state index is -3.85. The van der Waals surface area contributed by atoms with E-state index in [1.165, 1.54) is 6.07 Å². The standard InChI is InChI=1S/C15H19ClN2O3S/c1-5-6-21-14-7-10(2)13(16)9-15(14)22(19,20)18-12(4)8-11(3)17-18/h7-9H,5-6H2,1-4H3. The van der Waals surface area contributed by atoms with Crippen LogP contribution in [0.5, 0.6) is 5.75 Å². The van der Waals surface area contributed by atoms with Gasteiger partial charge in [0.15, 0.2) is 0 Å². The number of hydrogen-bond donors (Lipinski definition) is 0. The topological polar surface area (TPSA) is 61.2 Å². The second kappa shape index (κ2) is 6.30. The highest BCUT2D eigenvalue weighted by Crippen LogP contribution is 2.32. The number of aromatic nitrogens is 2. The van der Waals surface area contributed by atoms with E-state index in [2.05, 4.69) is 5.10 Å². The molecule has 0 saturated heterocycles. The molecule has 0 aliphatic carbocycles. The fourth-order valence-corrected chi connectivity index (χ4v) is 3.83. The molecule has 5 nitrogen and oxygen atoms in total. The highest BCUT2D eigenvalue weighted by molar-refractivity contribution is 7.90. The molecule has 0 radical (unpaired) electrons. The summed E-state index contributed by atoms with van der Waals surface area (Å²) in [6.45, 7) is 7.63. The van der Waals surface area contributed by atoms with Gasteiger partial charge in [-0.15, -0.1) is 0 Å². The van der Waals surface area contributed by atoms with E-state index in [-0.39, 0.29) is 4.90 Å². The molecule has 0 spiro atoms. The van der Waals surface area contributed by atoms with Crippen LogP contribution in [0.1, 0.15) is 30.3 Å². The third-order valence-corrected chi connectivity index (χ3v) is 5.27. The molecule has 0 saturated carbocycles. The molecule has 120 valence electrons. The van der Waals surface area contributed by atoms with Gasteiger partial charge in [0.25, 0.3) is 10.0 Å². The zero-order chi connectivity index (χ0) is 16.5. The van der Waals surface area contributed by atoms with Crippen molar-refractivity contribution in [3.8, 4) is 5.75 Å². The normalized spacial score (nSPS) is 11.7. The molecule has 2 aromatic rings. The van der Waals surface area contributed by atoms with Gasteiger partial charge in [0.05, 0.1) is 18.0 Å². The quantitative estimate of drug-likeness (QED) is 0.834. The van der Waals surface area contributed by atoms with Crippen molar-refractivity contribution in [3.05, 3.63) is 40.2 Å². The minimum absolute atomic E-state index is 0.0303. The molecular formula is C15H19ClN2O3S. The number of benzene rings is 1. The van der Waals surface area contributed by atoms with Crippen molar-refractivity contribution in [1.29, 1.82) is 0 Å².